The van der Waals surface area contributed by atoms with Gasteiger partial charge in [0.1, 0.15) is 31.0 Å². The van der Waals surface area contributed by atoms with Gasteiger partial charge in [-0.25, -0.2) is 28.8 Å². The van der Waals surface area contributed by atoms with Crippen LogP contribution in [0.25, 0.3) is 0 Å². The second-order valence-corrected chi connectivity index (χ2v) is 16.8. The third-order valence-electron chi connectivity index (χ3n) is 11.3. The molecule has 8 rings (SSSR count). The number of benzene rings is 5. The minimum absolute atomic E-state index is 0.124. The molecular weight excluding hydrogens is 964 g/mol. The van der Waals surface area contributed by atoms with Crippen molar-refractivity contribution in [2.75, 3.05) is 20.3 Å². The molecule has 69 heavy (non-hydrogen) atoms. The molecule has 11 atom stereocenters. The zero-order valence-corrected chi connectivity index (χ0v) is 38.5. The van der Waals surface area contributed by atoms with E-state index < -0.39 is 115 Å². The number of alkyl halides is 1. The molecule has 17 nitrogen and oxygen atoms in total. The zero-order chi connectivity index (χ0) is 48.5. The fraction of sp³-hybridized carbons (Fsp3) is 0.294. The largest absolute Gasteiger partial charge is 0.465 e. The van der Waals surface area contributed by atoms with Gasteiger partial charge in [-0.1, -0.05) is 107 Å². The summed E-state index contributed by atoms with van der Waals surface area (Å²) >= 11 is 3.47. The number of carbonyl (C=O) groups excluding carboxylic acids is 6. The molecule has 5 aromatic carbocycles. The van der Waals surface area contributed by atoms with Crippen molar-refractivity contribution >= 4 is 51.7 Å². The quantitative estimate of drug-likeness (QED) is 0.0643. The average Bonchev–Trinajstić information content (AvgIpc) is 3.76. The van der Waals surface area contributed by atoms with E-state index in [1.807, 2.05) is 0 Å². The summed E-state index contributed by atoms with van der Waals surface area (Å²) in [7, 11) is 1.14. The number of hydrogen-bond acceptors (Lipinski definition) is 17. The van der Waals surface area contributed by atoms with E-state index in [2.05, 4.69) is 15.9 Å². The summed E-state index contributed by atoms with van der Waals surface area (Å²) in [6, 6.07) is 40.2. The summed E-state index contributed by atoms with van der Waals surface area (Å²) in [6.07, 6.45) is -12.9. The molecule has 0 amide bonds. The molecular formula is C51H45BrO17. The highest BCUT2D eigenvalue weighted by Gasteiger charge is 2.62. The molecule has 358 valence electrons. The molecule has 0 bridgehead atoms. The SMILES string of the molecule is COC(=O)[C@@]1(C)O[C@H]2[C@@H](O1)[C@@H](COC(=O)c1ccccc1)O[C@@H](OC[C@H]1O[C@H](Br)[C@H](OC(=O)c3ccccc3)[C@@H](OC(=O)c3ccccc3)[C@H]1OC(=O)c1ccccc1)[C@@H]2OC(=O)c1ccccc1. The van der Waals surface area contributed by atoms with Crippen molar-refractivity contribution in [1.82, 2.24) is 0 Å². The van der Waals surface area contributed by atoms with E-state index in [1.165, 1.54) is 55.5 Å². The van der Waals surface area contributed by atoms with Crippen LogP contribution in [0.15, 0.2) is 152 Å². The molecule has 0 N–H and O–H groups in total. The molecule has 3 heterocycles. The van der Waals surface area contributed by atoms with Crippen LogP contribution in [0.2, 0.25) is 0 Å². The number of methoxy groups -OCH3 is 1. The predicted octanol–water partition coefficient (Wildman–Crippen LogP) is 6.28. The summed E-state index contributed by atoms with van der Waals surface area (Å²) in [4.78, 5) is 81.7. The molecule has 0 unspecified atom stereocenters. The summed E-state index contributed by atoms with van der Waals surface area (Å²) < 4.78 is 66.7. The van der Waals surface area contributed by atoms with Gasteiger partial charge in [0.05, 0.1) is 41.5 Å². The third-order valence-corrected chi connectivity index (χ3v) is 12.0. The monoisotopic (exact) mass is 1010 g/mol. The molecule has 3 aliphatic heterocycles. The minimum atomic E-state index is -2.06. The average molecular weight is 1010 g/mol. The number of carbonyl (C=O) groups is 6. The first-order valence-corrected chi connectivity index (χ1v) is 22.6. The lowest BCUT2D eigenvalue weighted by Crippen LogP contribution is -2.62. The van der Waals surface area contributed by atoms with Crippen LogP contribution in [0.3, 0.4) is 0 Å². The third kappa shape index (κ3) is 11.4. The van der Waals surface area contributed by atoms with Gasteiger partial charge in [-0.2, -0.15) is 0 Å². The van der Waals surface area contributed by atoms with Gasteiger partial charge in [-0.05, 0) is 60.7 Å². The highest BCUT2D eigenvalue weighted by Crippen LogP contribution is 2.41. The topological polar surface area (TPSA) is 204 Å². The predicted molar refractivity (Wildman–Crippen MR) is 242 cm³/mol. The van der Waals surface area contributed by atoms with Gasteiger partial charge in [-0.3, -0.25) is 0 Å². The van der Waals surface area contributed by atoms with E-state index in [0.717, 1.165) is 7.11 Å². The van der Waals surface area contributed by atoms with E-state index in [0.29, 0.717) is 0 Å². The van der Waals surface area contributed by atoms with Crippen LogP contribution in [0.4, 0.5) is 0 Å². The van der Waals surface area contributed by atoms with Crippen LogP contribution in [0.1, 0.15) is 58.7 Å². The summed E-state index contributed by atoms with van der Waals surface area (Å²) in [6.45, 7) is 0.272. The smallest absolute Gasteiger partial charge is 0.366 e. The van der Waals surface area contributed by atoms with E-state index in [-0.39, 0.29) is 27.8 Å². The number of esters is 6. The Balaban J connectivity index is 1.14. The van der Waals surface area contributed by atoms with Crippen molar-refractivity contribution in [3.8, 4) is 0 Å². The van der Waals surface area contributed by atoms with Crippen molar-refractivity contribution in [3.05, 3.63) is 179 Å². The van der Waals surface area contributed by atoms with Crippen molar-refractivity contribution in [2.45, 2.75) is 72.8 Å². The van der Waals surface area contributed by atoms with Crippen LogP contribution in [-0.2, 0) is 56.9 Å². The maximum absolute atomic E-state index is 14.0. The van der Waals surface area contributed by atoms with Crippen LogP contribution in [0, 0.1) is 0 Å². The van der Waals surface area contributed by atoms with Crippen LogP contribution >= 0.6 is 15.9 Å². The Morgan fingerprint density at radius 1 is 0.478 bits per heavy atom. The molecule has 0 radical (unpaired) electrons. The normalized spacial score (nSPS) is 27.1. The van der Waals surface area contributed by atoms with Crippen molar-refractivity contribution in [1.29, 1.82) is 0 Å². The van der Waals surface area contributed by atoms with Gasteiger partial charge < -0.3 is 52.1 Å². The van der Waals surface area contributed by atoms with Crippen molar-refractivity contribution in [2.24, 2.45) is 0 Å². The number of hydrogen-bond donors (Lipinski definition) is 0. The minimum Gasteiger partial charge on any atom is -0.465 e. The Kier molecular flexibility index (Phi) is 15.6. The highest BCUT2D eigenvalue weighted by molar-refractivity contribution is 9.09. The van der Waals surface area contributed by atoms with Crippen molar-refractivity contribution in [3.63, 3.8) is 0 Å². The molecule has 3 saturated heterocycles. The maximum atomic E-state index is 14.0. The van der Waals surface area contributed by atoms with Crippen LogP contribution in [-0.4, -0.2) is 122 Å². The van der Waals surface area contributed by atoms with Crippen LogP contribution in [0.5, 0.6) is 0 Å². The number of ether oxygens (including phenoxy) is 11. The summed E-state index contributed by atoms with van der Waals surface area (Å²) in [5.41, 5.74) is 0.808. The van der Waals surface area contributed by atoms with Gasteiger partial charge in [0, 0.05) is 6.92 Å². The lowest BCUT2D eigenvalue weighted by atomic mass is 9.98. The molecule has 0 spiro atoms. The maximum Gasteiger partial charge on any atom is 0.366 e. The first kappa shape index (κ1) is 48.6. The number of rotatable bonds is 15. The van der Waals surface area contributed by atoms with Crippen LogP contribution < -0.4 is 0 Å². The summed E-state index contributed by atoms with van der Waals surface area (Å²) in [5, 5.41) is -1.24. The fourth-order valence-corrected chi connectivity index (χ4v) is 8.53. The molecule has 3 fully saturated rings. The first-order chi connectivity index (χ1) is 33.4. The number of fused-ring (bicyclic) bond motifs is 1. The van der Waals surface area contributed by atoms with E-state index >= 15 is 0 Å². The Morgan fingerprint density at radius 3 is 1.32 bits per heavy atom. The van der Waals surface area contributed by atoms with Gasteiger partial charge in [-0.15, -0.1) is 0 Å². The standard InChI is InChI=1S/C51H45BrO17/c1-51(50(58)59-2)68-38-36(28-60-44(53)30-18-8-3-9-19-30)63-49(42(40(38)69-51)67-48(57)34-26-16-7-17-27-34)61-29-35-37(64-45(54)31-20-10-4-11-21-31)39(65-46(55)32-22-12-5-13-23-32)41(43(52)62-35)66-47(56)33-24-14-6-15-25-33/h3-27,35-43,49H,28-29H2,1-2H3/t35-,36-,37+,38+,39+,40+,41-,42-,43+,49-,51-/m1/s1. The molecule has 5 aromatic rings. The van der Waals surface area contributed by atoms with E-state index in [9.17, 15) is 28.8 Å². The molecule has 3 aliphatic rings. The molecule has 0 aliphatic carbocycles. The van der Waals surface area contributed by atoms with E-state index in [1.54, 1.807) is 103 Å². The molecule has 0 saturated carbocycles. The van der Waals surface area contributed by atoms with Crippen molar-refractivity contribution < 1.29 is 80.9 Å². The molecule has 18 heteroatoms. The Bertz CT molecular complexity index is 2570. The Hall–Kier alpha value is -6.80. The van der Waals surface area contributed by atoms with Gasteiger partial charge in [0.15, 0.2) is 35.7 Å². The first-order valence-electron chi connectivity index (χ1n) is 21.7. The second kappa shape index (κ2) is 22.1. The Labute approximate surface area is 403 Å². The highest BCUT2D eigenvalue weighted by atomic mass is 79.9. The second-order valence-electron chi connectivity index (χ2n) is 15.9. The lowest BCUT2D eigenvalue weighted by Gasteiger charge is -2.44. The van der Waals surface area contributed by atoms with Gasteiger partial charge in [0.2, 0.25) is 0 Å². The summed E-state index contributed by atoms with van der Waals surface area (Å²) in [5.74, 6) is -7.04. The van der Waals surface area contributed by atoms with Gasteiger partial charge in [0.25, 0.3) is 5.79 Å². The van der Waals surface area contributed by atoms with E-state index in [4.69, 9.17) is 52.1 Å². The lowest BCUT2D eigenvalue weighted by molar-refractivity contribution is -0.295. The zero-order valence-electron chi connectivity index (χ0n) is 36.9. The fourth-order valence-electron chi connectivity index (χ4n) is 7.85. The molecule has 0 aromatic heterocycles. The van der Waals surface area contributed by atoms with Gasteiger partial charge >= 0.3 is 35.8 Å². The number of halogens is 1. The Morgan fingerprint density at radius 2 is 0.870 bits per heavy atom.